The van der Waals surface area contributed by atoms with E-state index in [0.717, 1.165) is 24.7 Å². The van der Waals surface area contributed by atoms with E-state index in [-0.39, 0.29) is 12.5 Å². The summed E-state index contributed by atoms with van der Waals surface area (Å²) >= 11 is 0. The van der Waals surface area contributed by atoms with Crippen LogP contribution in [0.3, 0.4) is 0 Å². The van der Waals surface area contributed by atoms with Gasteiger partial charge < -0.3 is 5.73 Å². The maximum Gasteiger partial charge on any atom is 0.389 e. The largest absolute Gasteiger partial charge is 0.389 e. The molecule has 0 amide bonds. The third kappa shape index (κ3) is 2.41. The van der Waals surface area contributed by atoms with Crippen molar-refractivity contribution in [3.8, 4) is 0 Å². The average molecular weight is 207 g/mol. The van der Waals surface area contributed by atoms with Crippen LogP contribution in [0, 0.1) is 17.8 Å². The molecule has 14 heavy (non-hydrogen) atoms. The van der Waals surface area contributed by atoms with Gasteiger partial charge in [0.05, 0.1) is 0 Å². The molecule has 2 aliphatic rings. The molecule has 2 rings (SSSR count). The van der Waals surface area contributed by atoms with Gasteiger partial charge in [0.1, 0.15) is 0 Å². The lowest BCUT2D eigenvalue weighted by molar-refractivity contribution is -0.136. The Morgan fingerprint density at radius 2 is 1.71 bits per heavy atom. The number of rotatable bonds is 3. The lowest BCUT2D eigenvalue weighted by Crippen LogP contribution is -2.30. The summed E-state index contributed by atoms with van der Waals surface area (Å²) < 4.78 is 35.8. The zero-order valence-corrected chi connectivity index (χ0v) is 8.06. The highest BCUT2D eigenvalue weighted by Gasteiger charge is 2.47. The van der Waals surface area contributed by atoms with Crippen LogP contribution in [0.2, 0.25) is 0 Å². The van der Waals surface area contributed by atoms with E-state index in [1.54, 1.807) is 0 Å². The Bertz CT molecular complexity index is 204. The van der Waals surface area contributed by atoms with Gasteiger partial charge in [0, 0.05) is 12.5 Å². The second kappa shape index (κ2) is 3.40. The van der Waals surface area contributed by atoms with Crippen molar-refractivity contribution in [3.05, 3.63) is 0 Å². The third-order valence-corrected chi connectivity index (χ3v) is 3.65. The SMILES string of the molecule is NC(CCC(F)(F)F)C1CC2CC2C1. The zero-order chi connectivity index (χ0) is 10.3. The van der Waals surface area contributed by atoms with Crippen LogP contribution in [0.5, 0.6) is 0 Å². The van der Waals surface area contributed by atoms with Crippen molar-refractivity contribution in [2.75, 3.05) is 0 Å². The fourth-order valence-corrected chi connectivity index (χ4v) is 2.68. The molecule has 0 aromatic heterocycles. The molecule has 0 aliphatic heterocycles. The fourth-order valence-electron chi connectivity index (χ4n) is 2.68. The monoisotopic (exact) mass is 207 g/mol. The van der Waals surface area contributed by atoms with Crippen molar-refractivity contribution in [2.45, 2.75) is 44.3 Å². The molecule has 0 spiro atoms. The van der Waals surface area contributed by atoms with Gasteiger partial charge in [-0.15, -0.1) is 0 Å². The molecule has 2 fully saturated rings. The molecule has 0 heterocycles. The van der Waals surface area contributed by atoms with Crippen LogP contribution in [0.15, 0.2) is 0 Å². The number of nitrogens with two attached hydrogens (primary N) is 1. The van der Waals surface area contributed by atoms with Gasteiger partial charge in [-0.05, 0) is 43.4 Å². The van der Waals surface area contributed by atoms with Crippen LogP contribution < -0.4 is 5.73 Å². The van der Waals surface area contributed by atoms with Crippen molar-refractivity contribution < 1.29 is 13.2 Å². The van der Waals surface area contributed by atoms with Crippen molar-refractivity contribution in [3.63, 3.8) is 0 Å². The van der Waals surface area contributed by atoms with Crippen molar-refractivity contribution in [1.29, 1.82) is 0 Å². The van der Waals surface area contributed by atoms with E-state index in [9.17, 15) is 13.2 Å². The van der Waals surface area contributed by atoms with Gasteiger partial charge in [0.25, 0.3) is 0 Å². The summed E-state index contributed by atoms with van der Waals surface area (Å²) in [6.07, 6.45) is -1.22. The third-order valence-electron chi connectivity index (χ3n) is 3.65. The average Bonchev–Trinajstić information content (AvgIpc) is 2.68. The molecule has 2 N–H and O–H groups in total. The first-order chi connectivity index (χ1) is 6.46. The van der Waals surface area contributed by atoms with Gasteiger partial charge >= 0.3 is 6.18 Å². The predicted octanol–water partition coefficient (Wildman–Crippen LogP) is 2.70. The molecule has 0 bridgehead atoms. The van der Waals surface area contributed by atoms with Crippen LogP contribution in [-0.4, -0.2) is 12.2 Å². The van der Waals surface area contributed by atoms with E-state index >= 15 is 0 Å². The number of hydrogen-bond acceptors (Lipinski definition) is 1. The predicted molar refractivity (Wildman–Crippen MR) is 47.6 cm³/mol. The van der Waals surface area contributed by atoms with Gasteiger partial charge in [-0.2, -0.15) is 13.2 Å². The fraction of sp³-hybridized carbons (Fsp3) is 1.00. The van der Waals surface area contributed by atoms with Crippen molar-refractivity contribution >= 4 is 0 Å². The minimum atomic E-state index is -4.04. The second-order valence-corrected chi connectivity index (χ2v) is 4.81. The normalized spacial score (nSPS) is 38.1. The van der Waals surface area contributed by atoms with E-state index in [4.69, 9.17) is 5.73 Å². The topological polar surface area (TPSA) is 26.0 Å². The van der Waals surface area contributed by atoms with E-state index in [2.05, 4.69) is 0 Å². The summed E-state index contributed by atoms with van der Waals surface area (Å²) in [7, 11) is 0. The second-order valence-electron chi connectivity index (χ2n) is 4.81. The van der Waals surface area contributed by atoms with E-state index < -0.39 is 12.6 Å². The Balaban J connectivity index is 1.70. The van der Waals surface area contributed by atoms with E-state index in [1.807, 2.05) is 0 Å². The van der Waals surface area contributed by atoms with Gasteiger partial charge in [-0.3, -0.25) is 0 Å². The Labute approximate surface area is 81.8 Å². The van der Waals surface area contributed by atoms with E-state index in [0.29, 0.717) is 5.92 Å². The molecule has 2 aliphatic carbocycles. The number of hydrogen-bond donors (Lipinski definition) is 1. The first kappa shape index (κ1) is 10.3. The number of fused-ring (bicyclic) bond motifs is 1. The Morgan fingerprint density at radius 3 is 2.21 bits per heavy atom. The van der Waals surface area contributed by atoms with Crippen LogP contribution >= 0.6 is 0 Å². The molecule has 3 unspecified atom stereocenters. The molecule has 0 saturated heterocycles. The molecule has 4 heteroatoms. The smallest absolute Gasteiger partial charge is 0.327 e. The first-order valence-electron chi connectivity index (χ1n) is 5.28. The quantitative estimate of drug-likeness (QED) is 0.756. The molecule has 2 saturated carbocycles. The van der Waals surface area contributed by atoms with Crippen molar-refractivity contribution in [1.82, 2.24) is 0 Å². The van der Waals surface area contributed by atoms with E-state index in [1.165, 1.54) is 6.42 Å². The highest BCUT2D eigenvalue weighted by atomic mass is 19.4. The Kier molecular flexibility index (Phi) is 2.50. The molecular weight excluding hydrogens is 191 g/mol. The summed E-state index contributed by atoms with van der Waals surface area (Å²) in [4.78, 5) is 0. The summed E-state index contributed by atoms with van der Waals surface area (Å²) in [5.41, 5.74) is 5.77. The van der Waals surface area contributed by atoms with Crippen LogP contribution in [0.25, 0.3) is 0 Å². The summed E-state index contributed by atoms with van der Waals surface area (Å²) in [6, 6.07) is -0.232. The molecule has 0 radical (unpaired) electrons. The van der Waals surface area contributed by atoms with Crippen LogP contribution in [0.4, 0.5) is 13.2 Å². The summed E-state index contributed by atoms with van der Waals surface area (Å²) in [5.74, 6) is 1.97. The molecular formula is C10H16F3N. The minimum absolute atomic E-state index is 0.105. The molecule has 0 aromatic rings. The van der Waals surface area contributed by atoms with Gasteiger partial charge in [0.15, 0.2) is 0 Å². The van der Waals surface area contributed by atoms with Gasteiger partial charge in [-0.25, -0.2) is 0 Å². The Morgan fingerprint density at radius 1 is 1.14 bits per heavy atom. The Hall–Kier alpha value is -0.250. The molecule has 0 aromatic carbocycles. The maximum atomic E-state index is 11.9. The van der Waals surface area contributed by atoms with Crippen molar-refractivity contribution in [2.24, 2.45) is 23.5 Å². The zero-order valence-electron chi connectivity index (χ0n) is 8.06. The van der Waals surface area contributed by atoms with Crippen LogP contribution in [0.1, 0.15) is 32.1 Å². The van der Waals surface area contributed by atoms with Crippen LogP contribution in [-0.2, 0) is 0 Å². The highest BCUT2D eigenvalue weighted by molar-refractivity contribution is 4.98. The van der Waals surface area contributed by atoms with Gasteiger partial charge in [0.2, 0.25) is 0 Å². The standard InChI is InChI=1S/C10H16F3N/c11-10(12,13)2-1-9(14)8-4-6-3-7(6)5-8/h6-9H,1-5,14H2. The number of alkyl halides is 3. The minimum Gasteiger partial charge on any atom is -0.327 e. The molecule has 1 nitrogen and oxygen atoms in total. The lowest BCUT2D eigenvalue weighted by atomic mass is 9.92. The molecule has 3 atom stereocenters. The first-order valence-corrected chi connectivity index (χ1v) is 5.28. The number of halogens is 3. The summed E-state index contributed by atoms with van der Waals surface area (Å²) in [5, 5.41) is 0. The summed E-state index contributed by atoms with van der Waals surface area (Å²) in [6.45, 7) is 0. The van der Waals surface area contributed by atoms with Gasteiger partial charge in [-0.1, -0.05) is 0 Å². The maximum absolute atomic E-state index is 11.9. The lowest BCUT2D eigenvalue weighted by Gasteiger charge is -2.20. The highest BCUT2D eigenvalue weighted by Crippen LogP contribution is 2.55. The molecule has 82 valence electrons.